The minimum Gasteiger partial charge on any atom is -0.292 e. The number of hydrogen-bond acceptors (Lipinski definition) is 2. The molecule has 1 aromatic heterocycles. The van der Waals surface area contributed by atoms with Gasteiger partial charge in [-0.3, -0.25) is 9.48 Å². The number of rotatable bonds is 3. The van der Waals surface area contributed by atoms with Crippen molar-refractivity contribution in [3.8, 4) is 0 Å². The Hall–Kier alpha value is -1.68. The minimum absolute atomic E-state index is 0.0526. The number of nitrogens with zero attached hydrogens (tertiary/aromatic N) is 2. The van der Waals surface area contributed by atoms with Gasteiger partial charge in [0.2, 0.25) is 0 Å². The molecule has 1 heterocycles. The van der Waals surface area contributed by atoms with Crippen LogP contribution in [0.1, 0.15) is 16.1 Å². The van der Waals surface area contributed by atoms with Crippen LogP contribution in [-0.2, 0) is 6.54 Å². The monoisotopic (exact) mass is 252 g/mol. The Kier molecular flexibility index (Phi) is 3.24. The molecule has 3 nitrogen and oxygen atoms in total. The zero-order valence-corrected chi connectivity index (χ0v) is 9.91. The number of aryl methyl sites for hydroxylation is 1. The summed E-state index contributed by atoms with van der Waals surface area (Å²) in [6.45, 7) is 1.81. The number of hydrogen-bond donors (Lipinski definition) is 0. The highest BCUT2D eigenvalue weighted by Gasteiger charge is 2.09. The summed E-state index contributed by atoms with van der Waals surface area (Å²) in [7, 11) is 0. The zero-order chi connectivity index (χ0) is 12.4. The van der Waals surface area contributed by atoms with Crippen molar-refractivity contribution in [2.45, 2.75) is 13.5 Å². The van der Waals surface area contributed by atoms with Crippen LogP contribution in [0.3, 0.4) is 0 Å². The van der Waals surface area contributed by atoms with E-state index in [1.807, 2.05) is 0 Å². The van der Waals surface area contributed by atoms with Gasteiger partial charge in [-0.25, -0.2) is 4.39 Å². The molecule has 0 saturated heterocycles. The fraction of sp³-hybridized carbons (Fsp3) is 0.167. The molecule has 0 N–H and O–H groups in total. The maximum absolute atomic E-state index is 12.9. The molecular weight excluding hydrogens is 243 g/mol. The van der Waals surface area contributed by atoms with Crippen LogP contribution in [-0.4, -0.2) is 15.6 Å². The van der Waals surface area contributed by atoms with Gasteiger partial charge < -0.3 is 0 Å². The van der Waals surface area contributed by atoms with Crippen molar-refractivity contribution < 1.29 is 9.18 Å². The van der Waals surface area contributed by atoms with Crippen molar-refractivity contribution in [2.24, 2.45) is 0 Å². The van der Waals surface area contributed by atoms with Crippen LogP contribution in [0, 0.1) is 12.7 Å². The van der Waals surface area contributed by atoms with Crippen LogP contribution in [0.5, 0.6) is 0 Å². The molecule has 0 unspecified atom stereocenters. The lowest BCUT2D eigenvalue weighted by molar-refractivity contribution is 0.0967. The molecule has 0 spiro atoms. The number of halogens is 2. The Bertz CT molecular complexity index is 546. The van der Waals surface area contributed by atoms with E-state index < -0.39 is 5.82 Å². The Morgan fingerprint density at radius 2 is 2.29 bits per heavy atom. The smallest absolute Gasteiger partial charge is 0.184 e. The lowest BCUT2D eigenvalue weighted by atomic mass is 10.1. The van der Waals surface area contributed by atoms with E-state index in [1.165, 1.54) is 22.9 Å². The standard InChI is InChI=1S/C12H10ClFN2O/c1-8-11(13)6-16(15-8)7-12(17)9-3-2-4-10(14)5-9/h2-6H,7H2,1H3. The molecular formula is C12H10ClFN2O. The van der Waals surface area contributed by atoms with E-state index in [1.54, 1.807) is 19.2 Å². The third kappa shape index (κ3) is 2.71. The van der Waals surface area contributed by atoms with Crippen molar-refractivity contribution in [1.29, 1.82) is 0 Å². The van der Waals surface area contributed by atoms with E-state index in [0.717, 1.165) is 0 Å². The van der Waals surface area contributed by atoms with Crippen LogP contribution in [0.4, 0.5) is 4.39 Å². The highest BCUT2D eigenvalue weighted by molar-refractivity contribution is 6.31. The second kappa shape index (κ2) is 4.67. The van der Waals surface area contributed by atoms with Crippen molar-refractivity contribution in [2.75, 3.05) is 0 Å². The molecule has 5 heteroatoms. The normalized spacial score (nSPS) is 10.5. The largest absolute Gasteiger partial charge is 0.292 e. The summed E-state index contributed by atoms with van der Waals surface area (Å²) in [6, 6.07) is 5.58. The molecule has 2 rings (SSSR count). The van der Waals surface area contributed by atoms with Gasteiger partial charge in [0.25, 0.3) is 0 Å². The van der Waals surface area contributed by atoms with E-state index in [2.05, 4.69) is 5.10 Å². The van der Waals surface area contributed by atoms with Gasteiger partial charge in [0.05, 0.1) is 10.7 Å². The van der Waals surface area contributed by atoms with Crippen molar-refractivity contribution in [3.63, 3.8) is 0 Å². The minimum atomic E-state index is -0.425. The lowest BCUT2D eigenvalue weighted by Crippen LogP contribution is -2.11. The first-order chi connectivity index (χ1) is 8.06. The summed E-state index contributed by atoms with van der Waals surface area (Å²) in [6.07, 6.45) is 1.58. The molecule has 2 aromatic rings. The summed E-state index contributed by atoms with van der Waals surface area (Å²) < 4.78 is 14.4. The van der Waals surface area contributed by atoms with Crippen LogP contribution < -0.4 is 0 Å². The maximum atomic E-state index is 12.9. The molecule has 17 heavy (non-hydrogen) atoms. The molecule has 0 radical (unpaired) electrons. The Labute approximate surface area is 103 Å². The van der Waals surface area contributed by atoms with Crippen LogP contribution in [0.15, 0.2) is 30.5 Å². The highest BCUT2D eigenvalue weighted by Crippen LogP contribution is 2.13. The Morgan fingerprint density at radius 1 is 1.53 bits per heavy atom. The van der Waals surface area contributed by atoms with Gasteiger partial charge in [-0.15, -0.1) is 0 Å². The van der Waals surface area contributed by atoms with E-state index >= 15 is 0 Å². The molecule has 0 aliphatic heterocycles. The number of ketones is 1. The van der Waals surface area contributed by atoms with E-state index in [9.17, 15) is 9.18 Å². The molecule has 0 saturated carbocycles. The molecule has 0 fully saturated rings. The Balaban J connectivity index is 2.17. The van der Waals surface area contributed by atoms with Crippen LogP contribution >= 0.6 is 11.6 Å². The predicted octanol–water partition coefficient (Wildman–Crippen LogP) is 2.87. The van der Waals surface area contributed by atoms with Gasteiger partial charge in [0, 0.05) is 11.8 Å². The van der Waals surface area contributed by atoms with Gasteiger partial charge in [0.1, 0.15) is 12.4 Å². The summed E-state index contributed by atoms with van der Waals surface area (Å²) in [5, 5.41) is 4.58. The quantitative estimate of drug-likeness (QED) is 0.788. The summed E-state index contributed by atoms with van der Waals surface area (Å²) >= 11 is 5.83. The van der Waals surface area contributed by atoms with Gasteiger partial charge in [-0.2, -0.15) is 5.10 Å². The molecule has 0 aliphatic carbocycles. The average Bonchev–Trinajstić information content (AvgIpc) is 2.58. The molecule has 0 amide bonds. The van der Waals surface area contributed by atoms with E-state index in [-0.39, 0.29) is 12.3 Å². The fourth-order valence-corrected chi connectivity index (χ4v) is 1.63. The molecule has 0 aliphatic rings. The number of benzene rings is 1. The molecule has 0 atom stereocenters. The SMILES string of the molecule is Cc1nn(CC(=O)c2cccc(F)c2)cc1Cl. The van der Waals surface area contributed by atoms with Gasteiger partial charge in [0.15, 0.2) is 5.78 Å². The van der Waals surface area contributed by atoms with E-state index in [0.29, 0.717) is 16.3 Å². The summed E-state index contributed by atoms with van der Waals surface area (Å²) in [4.78, 5) is 11.8. The number of aromatic nitrogens is 2. The third-order valence-electron chi connectivity index (χ3n) is 2.34. The molecule has 1 aromatic carbocycles. The predicted molar refractivity (Wildman–Crippen MR) is 62.7 cm³/mol. The number of carbonyl (C=O) groups excluding carboxylic acids is 1. The lowest BCUT2D eigenvalue weighted by Gasteiger charge is -2.01. The summed E-state index contributed by atoms with van der Waals surface area (Å²) in [5.74, 6) is -0.630. The number of Topliss-reactive ketones (excluding diaryl/α,β-unsaturated/α-hetero) is 1. The first kappa shape index (κ1) is 11.8. The second-order valence-electron chi connectivity index (χ2n) is 3.69. The van der Waals surface area contributed by atoms with Crippen LogP contribution in [0.25, 0.3) is 0 Å². The topological polar surface area (TPSA) is 34.9 Å². The molecule has 88 valence electrons. The van der Waals surface area contributed by atoms with Crippen molar-refractivity contribution in [1.82, 2.24) is 9.78 Å². The van der Waals surface area contributed by atoms with Crippen molar-refractivity contribution in [3.05, 3.63) is 52.6 Å². The fourth-order valence-electron chi connectivity index (χ4n) is 1.47. The van der Waals surface area contributed by atoms with E-state index in [4.69, 9.17) is 11.6 Å². The number of carbonyl (C=O) groups is 1. The zero-order valence-electron chi connectivity index (χ0n) is 9.15. The van der Waals surface area contributed by atoms with Crippen LogP contribution in [0.2, 0.25) is 5.02 Å². The third-order valence-corrected chi connectivity index (χ3v) is 2.71. The van der Waals surface area contributed by atoms with Gasteiger partial charge >= 0.3 is 0 Å². The molecule has 0 bridgehead atoms. The maximum Gasteiger partial charge on any atom is 0.184 e. The van der Waals surface area contributed by atoms with Crippen molar-refractivity contribution >= 4 is 17.4 Å². The Morgan fingerprint density at radius 3 is 2.88 bits per heavy atom. The summed E-state index contributed by atoms with van der Waals surface area (Å²) in [5.41, 5.74) is 0.994. The first-order valence-electron chi connectivity index (χ1n) is 5.04. The highest BCUT2D eigenvalue weighted by atomic mass is 35.5. The van der Waals surface area contributed by atoms with Gasteiger partial charge in [-0.1, -0.05) is 23.7 Å². The second-order valence-corrected chi connectivity index (χ2v) is 4.10. The van der Waals surface area contributed by atoms with Gasteiger partial charge in [-0.05, 0) is 19.1 Å². The first-order valence-corrected chi connectivity index (χ1v) is 5.42. The average molecular weight is 253 g/mol.